The molecule has 6 aromatic rings. The minimum absolute atomic E-state index is 0.0269. The summed E-state index contributed by atoms with van der Waals surface area (Å²) in [4.78, 5) is 13.8. The molecular weight excluding hydrogens is 806 g/mol. The van der Waals surface area contributed by atoms with Crippen LogP contribution in [-0.4, -0.2) is 56.4 Å². The number of benzene rings is 5. The highest BCUT2D eigenvalue weighted by molar-refractivity contribution is 7.00. The second kappa shape index (κ2) is 19.8. The maximum absolute atomic E-state index is 14.2. The predicted molar refractivity (Wildman–Crippen MR) is 255 cm³/mol. The highest BCUT2D eigenvalue weighted by atomic mass is 28.4. The molecular formula is C52H62FN3O4Si2. The Morgan fingerprint density at radius 3 is 1.52 bits per heavy atom. The van der Waals surface area contributed by atoms with E-state index < -0.39 is 28.8 Å². The zero-order valence-electron chi connectivity index (χ0n) is 37.7. The van der Waals surface area contributed by atoms with Gasteiger partial charge in [0.05, 0.1) is 42.3 Å². The Morgan fingerprint density at radius 2 is 1.11 bits per heavy atom. The SMILES string of the molecule is CCOC(=O)CC(CC(C=Cc1c(C(C)C)nnn1-c1ccc(F)cc1)O[Si](c1ccccc1)(c1ccccc1)C(C)(C)C)O[Si](c1ccccc1)(c1ccccc1)C(C)(C)C. The average molecular weight is 868 g/mol. The largest absolute Gasteiger partial charge is 0.466 e. The first kappa shape index (κ1) is 46.2. The molecule has 5 aromatic carbocycles. The molecule has 6 rings (SSSR count). The molecule has 0 aliphatic rings. The highest BCUT2D eigenvalue weighted by Gasteiger charge is 2.54. The molecule has 7 nitrogen and oxygen atoms in total. The predicted octanol–water partition coefficient (Wildman–Crippen LogP) is 9.78. The molecule has 0 bridgehead atoms. The van der Waals surface area contributed by atoms with Crippen LogP contribution in [0.25, 0.3) is 11.8 Å². The number of hydrogen-bond donors (Lipinski definition) is 0. The van der Waals surface area contributed by atoms with Crippen molar-refractivity contribution in [1.82, 2.24) is 15.0 Å². The van der Waals surface area contributed by atoms with Gasteiger partial charge in [-0.15, -0.1) is 5.10 Å². The van der Waals surface area contributed by atoms with Crippen molar-refractivity contribution in [3.8, 4) is 5.69 Å². The monoisotopic (exact) mass is 867 g/mol. The first-order valence-corrected chi connectivity index (χ1v) is 25.6. The lowest BCUT2D eigenvalue weighted by Gasteiger charge is -2.47. The zero-order chi connectivity index (χ0) is 44.5. The maximum Gasteiger partial charge on any atom is 0.308 e. The molecule has 0 saturated heterocycles. The van der Waals surface area contributed by atoms with E-state index in [0.717, 1.165) is 32.1 Å². The van der Waals surface area contributed by atoms with Gasteiger partial charge in [0.15, 0.2) is 0 Å². The number of carbonyl (C=O) groups is 1. The zero-order valence-corrected chi connectivity index (χ0v) is 39.7. The summed E-state index contributed by atoms with van der Waals surface area (Å²) < 4.78 is 37.4. The van der Waals surface area contributed by atoms with Gasteiger partial charge in [-0.1, -0.05) is 188 Å². The molecule has 1 heterocycles. The van der Waals surface area contributed by atoms with Crippen LogP contribution in [0.5, 0.6) is 0 Å². The van der Waals surface area contributed by atoms with Gasteiger partial charge in [0, 0.05) is 6.42 Å². The first-order valence-electron chi connectivity index (χ1n) is 21.7. The maximum atomic E-state index is 14.2. The molecule has 0 N–H and O–H groups in total. The number of esters is 1. The first-order chi connectivity index (χ1) is 29.6. The summed E-state index contributed by atoms with van der Waals surface area (Å²) in [5, 5.41) is 13.0. The topological polar surface area (TPSA) is 75.5 Å². The Morgan fingerprint density at radius 1 is 0.677 bits per heavy atom. The molecule has 0 radical (unpaired) electrons. The smallest absolute Gasteiger partial charge is 0.308 e. The standard InChI is InChI=1S/C52H62FN3O4Si2/c1-10-58-49(57)38-43(60-62(52(7,8)9,46-27-19-13-20-28-46)47-29-21-14-22-30-47)37-42(35-36-48-50(39(2)3)54-55-56(48)41-33-31-40(53)32-34-41)59-61(51(4,5)6,44-23-15-11-16-24-44)45-25-17-12-18-26-45/h11-36,39,42-43H,10,37-38H2,1-9H3. The van der Waals surface area contributed by atoms with Crippen LogP contribution in [0.3, 0.4) is 0 Å². The van der Waals surface area contributed by atoms with Crippen LogP contribution in [0.15, 0.2) is 152 Å². The van der Waals surface area contributed by atoms with Crippen LogP contribution in [0.4, 0.5) is 4.39 Å². The fourth-order valence-electron chi connectivity index (χ4n) is 8.70. The lowest BCUT2D eigenvalue weighted by atomic mass is 10.1. The molecule has 0 saturated carbocycles. The van der Waals surface area contributed by atoms with E-state index in [0.29, 0.717) is 12.1 Å². The van der Waals surface area contributed by atoms with Gasteiger partial charge in [-0.25, -0.2) is 9.07 Å². The number of halogens is 1. The lowest BCUT2D eigenvalue weighted by Crippen LogP contribution is -2.69. The van der Waals surface area contributed by atoms with Gasteiger partial charge in [-0.3, -0.25) is 4.79 Å². The molecule has 62 heavy (non-hydrogen) atoms. The van der Waals surface area contributed by atoms with Gasteiger partial charge in [0.1, 0.15) is 5.82 Å². The average Bonchev–Trinajstić information content (AvgIpc) is 3.68. The Kier molecular flexibility index (Phi) is 14.8. The van der Waals surface area contributed by atoms with Gasteiger partial charge >= 0.3 is 5.97 Å². The fourth-order valence-corrected chi connectivity index (χ4v) is 18.0. The van der Waals surface area contributed by atoms with Crippen molar-refractivity contribution >= 4 is 49.4 Å². The van der Waals surface area contributed by atoms with Crippen LogP contribution in [0.1, 0.15) is 92.5 Å². The van der Waals surface area contributed by atoms with Crippen molar-refractivity contribution in [2.45, 2.75) is 103 Å². The molecule has 0 amide bonds. The second-order valence-corrected chi connectivity index (χ2v) is 26.7. The molecule has 324 valence electrons. The van der Waals surface area contributed by atoms with Gasteiger partial charge in [-0.2, -0.15) is 0 Å². The molecule has 0 aliphatic carbocycles. The van der Waals surface area contributed by atoms with Crippen LogP contribution in [0.2, 0.25) is 10.1 Å². The third-order valence-corrected chi connectivity index (χ3v) is 21.7. The van der Waals surface area contributed by atoms with E-state index >= 15 is 0 Å². The fraction of sp³-hybridized carbons (Fsp3) is 0.327. The third kappa shape index (κ3) is 10.00. The number of aromatic nitrogens is 3. The Balaban J connectivity index is 1.59. The van der Waals surface area contributed by atoms with Crippen molar-refractivity contribution in [3.05, 3.63) is 169 Å². The number of hydrogen-bond acceptors (Lipinski definition) is 6. The summed E-state index contributed by atoms with van der Waals surface area (Å²) in [6, 6.07) is 48.4. The minimum atomic E-state index is -3.19. The highest BCUT2D eigenvalue weighted by Crippen LogP contribution is 2.41. The van der Waals surface area contributed by atoms with Gasteiger partial charge in [0.25, 0.3) is 16.6 Å². The Labute approximate surface area is 370 Å². The number of nitrogens with zero attached hydrogens (tertiary/aromatic N) is 3. The number of ether oxygens (including phenoxy) is 1. The van der Waals surface area contributed by atoms with Crippen molar-refractivity contribution < 1.29 is 22.8 Å². The summed E-state index contributed by atoms with van der Waals surface area (Å²) >= 11 is 0. The summed E-state index contributed by atoms with van der Waals surface area (Å²) in [5.41, 5.74) is 2.24. The molecule has 10 heteroatoms. The summed E-state index contributed by atoms with van der Waals surface area (Å²) in [7, 11) is -6.37. The summed E-state index contributed by atoms with van der Waals surface area (Å²) in [6.07, 6.45) is 3.27. The molecule has 0 spiro atoms. The van der Waals surface area contributed by atoms with E-state index in [-0.39, 0.29) is 40.8 Å². The lowest BCUT2D eigenvalue weighted by molar-refractivity contribution is -0.145. The number of rotatable bonds is 17. The van der Waals surface area contributed by atoms with Gasteiger partial charge in [-0.05, 0) is 74.0 Å². The van der Waals surface area contributed by atoms with Crippen molar-refractivity contribution in [3.63, 3.8) is 0 Å². The van der Waals surface area contributed by atoms with Crippen molar-refractivity contribution in [1.29, 1.82) is 0 Å². The molecule has 0 aliphatic heterocycles. The Bertz CT molecular complexity index is 2280. The van der Waals surface area contributed by atoms with E-state index in [2.05, 4.69) is 169 Å². The van der Waals surface area contributed by atoms with E-state index in [9.17, 15) is 9.18 Å². The van der Waals surface area contributed by atoms with Gasteiger partial charge in [0.2, 0.25) is 0 Å². The molecule has 1 aromatic heterocycles. The van der Waals surface area contributed by atoms with E-state index in [4.69, 9.17) is 13.6 Å². The number of carbonyl (C=O) groups excluding carboxylic acids is 1. The van der Waals surface area contributed by atoms with Crippen LogP contribution in [-0.2, 0) is 18.4 Å². The van der Waals surface area contributed by atoms with E-state index in [1.165, 1.54) is 12.1 Å². The normalized spacial score (nSPS) is 13.7. The summed E-state index contributed by atoms with van der Waals surface area (Å²) in [5.74, 6) is -0.624. The van der Waals surface area contributed by atoms with Crippen LogP contribution < -0.4 is 20.7 Å². The van der Waals surface area contributed by atoms with E-state index in [1.54, 1.807) is 16.8 Å². The Hall–Kier alpha value is -5.27. The molecule has 2 unspecified atom stereocenters. The van der Waals surface area contributed by atoms with Gasteiger partial charge < -0.3 is 13.6 Å². The second-order valence-electron chi connectivity index (χ2n) is 18.2. The quantitative estimate of drug-likeness (QED) is 0.0672. The van der Waals surface area contributed by atoms with E-state index in [1.807, 2.05) is 37.3 Å². The molecule has 0 fully saturated rings. The minimum Gasteiger partial charge on any atom is -0.466 e. The van der Waals surface area contributed by atoms with Crippen molar-refractivity contribution in [2.75, 3.05) is 6.61 Å². The molecule has 2 atom stereocenters. The third-order valence-electron chi connectivity index (χ3n) is 11.5. The van der Waals surface area contributed by atoms with Crippen LogP contribution >= 0.6 is 0 Å². The van der Waals surface area contributed by atoms with Crippen molar-refractivity contribution in [2.24, 2.45) is 0 Å². The van der Waals surface area contributed by atoms with Crippen LogP contribution in [0, 0.1) is 5.82 Å². The summed E-state index contributed by atoms with van der Waals surface area (Å²) in [6.45, 7) is 19.8.